The fourth-order valence-electron chi connectivity index (χ4n) is 2.91. The van der Waals surface area contributed by atoms with Crippen LogP contribution in [0.1, 0.15) is 11.1 Å². The zero-order valence-corrected chi connectivity index (χ0v) is 15.6. The van der Waals surface area contributed by atoms with Crippen LogP contribution in [0.4, 0.5) is 5.69 Å². The fraction of sp³-hybridized carbons (Fsp3) is 0.263. The van der Waals surface area contributed by atoms with Crippen LogP contribution in [0.15, 0.2) is 34.0 Å². The molecule has 0 amide bonds. The molecule has 2 heterocycles. The monoisotopic (exact) mass is 371 g/mol. The molecule has 0 aliphatic rings. The molecular formula is C19H21N3O5. The molecule has 142 valence electrons. The topological polar surface area (TPSA) is 105 Å². The highest BCUT2D eigenvalue weighted by Crippen LogP contribution is 2.42. The number of hydrogen-bond acceptors (Lipinski definition) is 6. The van der Waals surface area contributed by atoms with E-state index < -0.39 is 0 Å². The van der Waals surface area contributed by atoms with Crippen LogP contribution in [0, 0.1) is 6.92 Å². The predicted octanol–water partition coefficient (Wildman–Crippen LogP) is 2.16. The normalized spacial score (nSPS) is 10.7. The Morgan fingerprint density at radius 2 is 1.70 bits per heavy atom. The van der Waals surface area contributed by atoms with Gasteiger partial charge in [-0.25, -0.2) is 0 Å². The lowest BCUT2D eigenvalue weighted by Crippen LogP contribution is -2.19. The van der Waals surface area contributed by atoms with Crippen molar-refractivity contribution < 1.29 is 14.2 Å². The molecule has 0 saturated heterocycles. The summed E-state index contributed by atoms with van der Waals surface area (Å²) in [5, 5.41) is 3.67. The number of aromatic amines is 2. The minimum absolute atomic E-state index is 0.176. The highest BCUT2D eigenvalue weighted by Gasteiger charge is 2.17. The summed E-state index contributed by atoms with van der Waals surface area (Å²) in [7, 11) is 4.55. The fourth-order valence-corrected chi connectivity index (χ4v) is 2.91. The number of anilines is 1. The van der Waals surface area contributed by atoms with Gasteiger partial charge in [-0.1, -0.05) is 0 Å². The summed E-state index contributed by atoms with van der Waals surface area (Å²) in [6, 6.07) is 5.12. The molecule has 0 radical (unpaired) electrons. The molecule has 0 saturated carbocycles. The highest BCUT2D eigenvalue weighted by molar-refractivity contribution is 5.90. The first-order valence-corrected chi connectivity index (χ1v) is 8.26. The van der Waals surface area contributed by atoms with E-state index in [1.54, 1.807) is 24.4 Å². The lowest BCUT2D eigenvalue weighted by atomic mass is 10.1. The van der Waals surface area contributed by atoms with Gasteiger partial charge in [-0.2, -0.15) is 0 Å². The summed E-state index contributed by atoms with van der Waals surface area (Å²) in [6.07, 6.45) is 1.63. The lowest BCUT2D eigenvalue weighted by molar-refractivity contribution is 0.327. The number of nitrogens with one attached hydrogen (secondary N) is 3. The van der Waals surface area contributed by atoms with Crippen molar-refractivity contribution in [3.05, 3.63) is 56.2 Å². The molecule has 3 rings (SSSR count). The third-order valence-electron chi connectivity index (χ3n) is 4.24. The average molecular weight is 371 g/mol. The molecule has 1 aromatic carbocycles. The Kier molecular flexibility index (Phi) is 5.07. The van der Waals surface area contributed by atoms with Crippen molar-refractivity contribution in [3.63, 3.8) is 0 Å². The van der Waals surface area contributed by atoms with Crippen molar-refractivity contribution in [1.29, 1.82) is 0 Å². The third-order valence-corrected chi connectivity index (χ3v) is 4.24. The number of methoxy groups -OCH3 is 3. The van der Waals surface area contributed by atoms with Crippen molar-refractivity contribution in [2.75, 3.05) is 26.6 Å². The van der Waals surface area contributed by atoms with Crippen LogP contribution in [-0.2, 0) is 6.54 Å². The average Bonchev–Trinajstić information content (AvgIpc) is 2.67. The summed E-state index contributed by atoms with van der Waals surface area (Å²) in [6.45, 7) is 2.05. The van der Waals surface area contributed by atoms with Crippen LogP contribution >= 0.6 is 0 Å². The van der Waals surface area contributed by atoms with Crippen molar-refractivity contribution in [2.24, 2.45) is 0 Å². The van der Waals surface area contributed by atoms with Crippen LogP contribution in [0.2, 0.25) is 0 Å². The van der Waals surface area contributed by atoms with Gasteiger partial charge in [0.2, 0.25) is 5.75 Å². The van der Waals surface area contributed by atoms with Crippen LogP contribution in [0.3, 0.4) is 0 Å². The number of aromatic nitrogens is 2. The molecule has 2 aromatic heterocycles. The molecule has 3 aromatic rings. The van der Waals surface area contributed by atoms with E-state index in [2.05, 4.69) is 15.3 Å². The summed E-state index contributed by atoms with van der Waals surface area (Å²) >= 11 is 0. The Morgan fingerprint density at radius 1 is 0.963 bits per heavy atom. The van der Waals surface area contributed by atoms with Gasteiger partial charge in [0, 0.05) is 29.8 Å². The van der Waals surface area contributed by atoms with E-state index in [1.807, 2.05) is 6.92 Å². The van der Waals surface area contributed by atoms with Gasteiger partial charge in [0.25, 0.3) is 11.1 Å². The van der Waals surface area contributed by atoms with Crippen molar-refractivity contribution >= 4 is 16.6 Å². The molecular weight excluding hydrogens is 350 g/mol. The number of hydrogen-bond donors (Lipinski definition) is 3. The molecule has 0 fully saturated rings. The standard InChI is InChI=1S/C19H21N3O5/c1-10-5-14(19(24)21-8-10)20-9-11-6-12-13(22-18(11)23)7-15(25-2)17(27-4)16(12)26-3/h5-8,20H,9H2,1-4H3,(H,21,24)(H,22,23). The van der Waals surface area contributed by atoms with E-state index in [-0.39, 0.29) is 17.7 Å². The zero-order valence-electron chi connectivity index (χ0n) is 15.6. The molecule has 3 N–H and O–H groups in total. The quantitative estimate of drug-likeness (QED) is 0.613. The smallest absolute Gasteiger partial charge is 0.271 e. The zero-order chi connectivity index (χ0) is 19.6. The van der Waals surface area contributed by atoms with E-state index in [9.17, 15) is 9.59 Å². The van der Waals surface area contributed by atoms with E-state index in [1.165, 1.54) is 21.3 Å². The maximum Gasteiger partial charge on any atom is 0.271 e. The molecule has 8 nitrogen and oxygen atoms in total. The van der Waals surface area contributed by atoms with Gasteiger partial charge in [-0.05, 0) is 24.6 Å². The van der Waals surface area contributed by atoms with Crippen LogP contribution < -0.4 is 30.6 Å². The summed E-state index contributed by atoms with van der Waals surface area (Å²) in [5.41, 5.74) is 1.80. The summed E-state index contributed by atoms with van der Waals surface area (Å²) in [4.78, 5) is 29.8. The summed E-state index contributed by atoms with van der Waals surface area (Å²) < 4.78 is 16.2. The van der Waals surface area contributed by atoms with E-state index in [0.717, 1.165) is 5.56 Å². The Morgan fingerprint density at radius 3 is 2.37 bits per heavy atom. The molecule has 0 atom stereocenters. The third kappa shape index (κ3) is 3.46. The molecule has 0 spiro atoms. The van der Waals surface area contributed by atoms with E-state index >= 15 is 0 Å². The molecule has 0 unspecified atom stereocenters. The molecule has 8 heteroatoms. The number of aryl methyl sites for hydroxylation is 1. The number of benzene rings is 1. The minimum Gasteiger partial charge on any atom is -0.493 e. The predicted molar refractivity (Wildman–Crippen MR) is 103 cm³/mol. The number of rotatable bonds is 6. The van der Waals surface area contributed by atoms with Gasteiger partial charge < -0.3 is 29.5 Å². The van der Waals surface area contributed by atoms with Gasteiger partial charge in [-0.3, -0.25) is 9.59 Å². The number of ether oxygens (including phenoxy) is 3. The van der Waals surface area contributed by atoms with E-state index in [4.69, 9.17) is 14.2 Å². The minimum atomic E-state index is -0.270. The highest BCUT2D eigenvalue weighted by atomic mass is 16.5. The number of fused-ring (bicyclic) bond motifs is 1. The first-order chi connectivity index (χ1) is 13.0. The molecule has 27 heavy (non-hydrogen) atoms. The molecule has 0 aliphatic carbocycles. The van der Waals surface area contributed by atoms with Gasteiger partial charge in [0.05, 0.1) is 26.8 Å². The van der Waals surface area contributed by atoms with Gasteiger partial charge >= 0.3 is 0 Å². The Bertz CT molecular complexity index is 1100. The largest absolute Gasteiger partial charge is 0.493 e. The maximum atomic E-state index is 12.5. The second kappa shape index (κ2) is 7.45. The summed E-state index contributed by atoms with van der Waals surface area (Å²) in [5.74, 6) is 1.35. The van der Waals surface area contributed by atoms with Crippen LogP contribution in [0.5, 0.6) is 17.2 Å². The Hall–Kier alpha value is -3.42. The van der Waals surface area contributed by atoms with E-state index in [0.29, 0.717) is 39.4 Å². The van der Waals surface area contributed by atoms with Crippen molar-refractivity contribution in [1.82, 2.24) is 9.97 Å². The van der Waals surface area contributed by atoms with Crippen molar-refractivity contribution in [3.8, 4) is 17.2 Å². The first-order valence-electron chi connectivity index (χ1n) is 8.26. The Balaban J connectivity index is 2.06. The van der Waals surface area contributed by atoms with Crippen LogP contribution in [0.25, 0.3) is 10.9 Å². The van der Waals surface area contributed by atoms with Gasteiger partial charge in [-0.15, -0.1) is 0 Å². The Labute approximate surface area is 155 Å². The lowest BCUT2D eigenvalue weighted by Gasteiger charge is -2.15. The van der Waals surface area contributed by atoms with Gasteiger partial charge in [0.15, 0.2) is 11.5 Å². The number of pyridine rings is 2. The number of H-pyrrole nitrogens is 2. The second-order valence-electron chi connectivity index (χ2n) is 6.00. The van der Waals surface area contributed by atoms with Crippen LogP contribution in [-0.4, -0.2) is 31.3 Å². The first kappa shape index (κ1) is 18.4. The van der Waals surface area contributed by atoms with Gasteiger partial charge in [0.1, 0.15) is 5.69 Å². The molecule has 0 aliphatic heterocycles. The maximum absolute atomic E-state index is 12.5. The van der Waals surface area contributed by atoms with Crippen molar-refractivity contribution in [2.45, 2.75) is 13.5 Å². The molecule has 0 bridgehead atoms. The SMILES string of the molecule is COc1cc2[nH]c(=O)c(CNc3cc(C)c[nH]c3=O)cc2c(OC)c1OC. The second-order valence-corrected chi connectivity index (χ2v) is 6.00.